The highest BCUT2D eigenvalue weighted by Crippen LogP contribution is 2.44. The Morgan fingerprint density at radius 1 is 1.22 bits per heavy atom. The van der Waals surface area contributed by atoms with Gasteiger partial charge in [0.15, 0.2) is 12.1 Å². The summed E-state index contributed by atoms with van der Waals surface area (Å²) in [7, 11) is 0. The van der Waals surface area contributed by atoms with Gasteiger partial charge in [0.1, 0.15) is 5.75 Å². The van der Waals surface area contributed by atoms with Crippen molar-refractivity contribution in [2.24, 2.45) is 5.92 Å². The number of aromatic amines is 1. The minimum absolute atomic E-state index is 0.0171. The number of nitrogens with zero attached hydrogens (tertiary/aromatic N) is 1. The van der Waals surface area contributed by atoms with Crippen LogP contribution < -0.4 is 5.32 Å². The topological polar surface area (TPSA) is 115 Å². The number of nitrogens with one attached hydrogen (secondary N) is 2. The van der Waals surface area contributed by atoms with E-state index in [4.69, 9.17) is 0 Å². The molecular weight excluding hydrogens is 346 g/mol. The van der Waals surface area contributed by atoms with E-state index in [-0.39, 0.29) is 35.5 Å². The Hall–Kier alpha value is -2.67. The molecule has 0 radical (unpaired) electrons. The van der Waals surface area contributed by atoms with E-state index >= 15 is 0 Å². The number of aromatic nitrogens is 2. The number of amides is 1. The molecule has 1 aromatic carbocycles. The van der Waals surface area contributed by atoms with Gasteiger partial charge in [-0.25, -0.2) is 0 Å². The fraction of sp³-hybridized carbons (Fsp3) is 0.450. The number of rotatable bonds is 5. The summed E-state index contributed by atoms with van der Waals surface area (Å²) in [5.74, 6) is 0.637. The van der Waals surface area contributed by atoms with Gasteiger partial charge in [-0.1, -0.05) is 12.1 Å². The van der Waals surface area contributed by atoms with Crippen molar-refractivity contribution < 1.29 is 19.8 Å². The lowest BCUT2D eigenvalue weighted by molar-refractivity contribution is -0.122. The standard InChI is InChI=1S/C20H23N3O4/c24-10-16-15(2-1-3-18(16)26)12-6-13(7-12)20(27)21-19-9-17(22-23-19)11-4-5-14(25)8-11/h1-3,9-14,25-26H,4-8H2,(H2,21,22,23,27). The summed E-state index contributed by atoms with van der Waals surface area (Å²) in [4.78, 5) is 23.7. The molecule has 27 heavy (non-hydrogen) atoms. The van der Waals surface area contributed by atoms with Crippen LogP contribution in [0.3, 0.4) is 0 Å². The minimum atomic E-state index is -0.253. The lowest BCUT2D eigenvalue weighted by Crippen LogP contribution is -2.33. The van der Waals surface area contributed by atoms with Gasteiger partial charge in [0.2, 0.25) is 5.91 Å². The Morgan fingerprint density at radius 3 is 2.74 bits per heavy atom. The van der Waals surface area contributed by atoms with Crippen molar-refractivity contribution in [1.82, 2.24) is 10.2 Å². The summed E-state index contributed by atoms with van der Waals surface area (Å²) < 4.78 is 0. The molecule has 0 bridgehead atoms. The van der Waals surface area contributed by atoms with E-state index in [0.29, 0.717) is 30.5 Å². The number of phenols is 1. The zero-order chi connectivity index (χ0) is 19.0. The van der Waals surface area contributed by atoms with E-state index in [1.54, 1.807) is 6.07 Å². The largest absolute Gasteiger partial charge is 0.507 e. The predicted octanol–water partition coefficient (Wildman–Crippen LogP) is 2.69. The molecule has 2 aromatic rings. The average Bonchev–Trinajstić information content (AvgIpc) is 3.22. The van der Waals surface area contributed by atoms with Crippen LogP contribution in [0.5, 0.6) is 5.75 Å². The first-order valence-electron chi connectivity index (χ1n) is 9.36. The van der Waals surface area contributed by atoms with Crippen molar-refractivity contribution in [2.45, 2.75) is 50.0 Å². The Morgan fingerprint density at radius 2 is 2.04 bits per heavy atom. The fourth-order valence-electron chi connectivity index (χ4n) is 4.22. The number of hydrogen-bond donors (Lipinski definition) is 4. The molecule has 2 aliphatic carbocycles. The lowest BCUT2D eigenvalue weighted by Gasteiger charge is -2.35. The summed E-state index contributed by atoms with van der Waals surface area (Å²) in [5, 5.41) is 29.4. The van der Waals surface area contributed by atoms with Gasteiger partial charge in [-0.15, -0.1) is 0 Å². The van der Waals surface area contributed by atoms with Crippen LogP contribution in [0.2, 0.25) is 0 Å². The zero-order valence-corrected chi connectivity index (χ0v) is 14.9. The highest BCUT2D eigenvalue weighted by Gasteiger charge is 2.37. The van der Waals surface area contributed by atoms with Crippen molar-refractivity contribution >= 4 is 18.0 Å². The Bertz CT molecular complexity index is 857. The smallest absolute Gasteiger partial charge is 0.228 e. The molecule has 2 aliphatic rings. The Kier molecular flexibility index (Phi) is 4.70. The Balaban J connectivity index is 1.34. The predicted molar refractivity (Wildman–Crippen MR) is 98.8 cm³/mol. The van der Waals surface area contributed by atoms with Crippen LogP contribution in [0.25, 0.3) is 0 Å². The molecule has 7 nitrogen and oxygen atoms in total. The van der Waals surface area contributed by atoms with E-state index in [0.717, 1.165) is 30.5 Å². The summed E-state index contributed by atoms with van der Waals surface area (Å²) in [5.41, 5.74) is 2.07. The van der Waals surface area contributed by atoms with Gasteiger partial charge in [-0.05, 0) is 49.7 Å². The highest BCUT2D eigenvalue weighted by molar-refractivity contribution is 5.92. The number of hydrogen-bond acceptors (Lipinski definition) is 5. The molecule has 1 aromatic heterocycles. The number of aliphatic hydroxyl groups excluding tert-OH is 1. The summed E-state index contributed by atoms with van der Waals surface area (Å²) in [6.07, 6.45) is 4.14. The maximum absolute atomic E-state index is 12.5. The van der Waals surface area contributed by atoms with Crippen LogP contribution in [-0.4, -0.2) is 38.7 Å². The van der Waals surface area contributed by atoms with Crippen molar-refractivity contribution in [1.29, 1.82) is 0 Å². The first kappa shape index (κ1) is 17.7. The molecular formula is C20H23N3O4. The number of phenolic OH excluding ortho intramolecular Hbond substituents is 1. The molecule has 0 spiro atoms. The lowest BCUT2D eigenvalue weighted by atomic mass is 9.70. The van der Waals surface area contributed by atoms with Gasteiger partial charge in [0.05, 0.1) is 11.7 Å². The first-order chi connectivity index (χ1) is 13.0. The Labute approximate surface area is 156 Å². The SMILES string of the molecule is O=Cc1c(O)cccc1C1CC(C(=O)Nc2cc(C3CCC(O)C3)[nH]n2)C1. The number of benzene rings is 1. The van der Waals surface area contributed by atoms with Crippen LogP contribution in [0.1, 0.15) is 65.6 Å². The molecule has 1 amide bonds. The molecule has 2 saturated carbocycles. The van der Waals surface area contributed by atoms with Crippen LogP contribution in [-0.2, 0) is 4.79 Å². The number of anilines is 1. The third-order valence-corrected chi connectivity index (χ3v) is 5.88. The maximum atomic E-state index is 12.5. The second-order valence-electron chi connectivity index (χ2n) is 7.62. The van der Waals surface area contributed by atoms with Gasteiger partial charge in [-0.3, -0.25) is 14.7 Å². The van der Waals surface area contributed by atoms with Crippen LogP contribution in [0.4, 0.5) is 5.82 Å². The number of aldehydes is 1. The molecule has 2 fully saturated rings. The maximum Gasteiger partial charge on any atom is 0.228 e. The molecule has 142 valence electrons. The highest BCUT2D eigenvalue weighted by atomic mass is 16.3. The van der Waals surface area contributed by atoms with E-state index in [1.807, 2.05) is 12.1 Å². The minimum Gasteiger partial charge on any atom is -0.507 e. The van der Waals surface area contributed by atoms with Crippen molar-refractivity contribution in [3.05, 3.63) is 41.1 Å². The number of aromatic hydroxyl groups is 1. The van der Waals surface area contributed by atoms with Gasteiger partial charge >= 0.3 is 0 Å². The number of carbonyl (C=O) groups is 2. The second-order valence-corrected chi connectivity index (χ2v) is 7.62. The van der Waals surface area contributed by atoms with E-state index in [1.165, 1.54) is 6.07 Å². The molecule has 2 atom stereocenters. The molecule has 4 N–H and O–H groups in total. The first-order valence-corrected chi connectivity index (χ1v) is 9.36. The number of H-pyrrole nitrogens is 1. The van der Waals surface area contributed by atoms with Crippen LogP contribution >= 0.6 is 0 Å². The molecule has 2 unspecified atom stereocenters. The van der Waals surface area contributed by atoms with E-state index < -0.39 is 0 Å². The van der Waals surface area contributed by atoms with Crippen molar-refractivity contribution in [3.8, 4) is 5.75 Å². The van der Waals surface area contributed by atoms with E-state index in [9.17, 15) is 19.8 Å². The van der Waals surface area contributed by atoms with Crippen molar-refractivity contribution in [2.75, 3.05) is 5.32 Å². The van der Waals surface area contributed by atoms with Crippen LogP contribution in [0.15, 0.2) is 24.3 Å². The summed E-state index contributed by atoms with van der Waals surface area (Å²) in [6.45, 7) is 0. The van der Waals surface area contributed by atoms with E-state index in [2.05, 4.69) is 15.5 Å². The monoisotopic (exact) mass is 369 g/mol. The third kappa shape index (κ3) is 3.47. The number of carbonyl (C=O) groups excluding carboxylic acids is 2. The normalized spacial score (nSPS) is 27.1. The molecule has 4 rings (SSSR count). The number of aliphatic hydroxyl groups is 1. The van der Waals surface area contributed by atoms with Gasteiger partial charge in [0, 0.05) is 23.6 Å². The molecule has 1 heterocycles. The summed E-state index contributed by atoms with van der Waals surface area (Å²) in [6, 6.07) is 6.89. The van der Waals surface area contributed by atoms with Gasteiger partial charge in [0.25, 0.3) is 0 Å². The second kappa shape index (κ2) is 7.15. The third-order valence-electron chi connectivity index (χ3n) is 5.88. The summed E-state index contributed by atoms with van der Waals surface area (Å²) >= 11 is 0. The zero-order valence-electron chi connectivity index (χ0n) is 14.9. The molecule has 0 saturated heterocycles. The quantitative estimate of drug-likeness (QED) is 0.605. The average molecular weight is 369 g/mol. The van der Waals surface area contributed by atoms with Crippen LogP contribution in [0, 0.1) is 5.92 Å². The van der Waals surface area contributed by atoms with Gasteiger partial charge in [-0.2, -0.15) is 5.10 Å². The fourth-order valence-corrected chi connectivity index (χ4v) is 4.22. The van der Waals surface area contributed by atoms with Gasteiger partial charge < -0.3 is 15.5 Å². The van der Waals surface area contributed by atoms with Crippen molar-refractivity contribution in [3.63, 3.8) is 0 Å². The molecule has 7 heteroatoms. The molecule has 0 aliphatic heterocycles.